The fraction of sp³-hybridized carbons (Fsp3) is 0.444. The maximum absolute atomic E-state index is 5.73. The van der Waals surface area contributed by atoms with Gasteiger partial charge in [0.2, 0.25) is 0 Å². The summed E-state index contributed by atoms with van der Waals surface area (Å²) in [6.07, 6.45) is 2.20. The number of benzene rings is 1. The first-order valence-corrected chi connectivity index (χ1v) is 8.62. The number of rotatable bonds is 9. The summed E-state index contributed by atoms with van der Waals surface area (Å²) in [7, 11) is 0. The molecule has 0 amide bonds. The minimum Gasteiger partial charge on any atom is -0.494 e. The molecule has 1 aromatic heterocycles. The first-order chi connectivity index (χ1) is 10.2. The largest absolute Gasteiger partial charge is 0.494 e. The Hall–Kier alpha value is -1.32. The highest BCUT2D eigenvalue weighted by Gasteiger charge is 1.98. The molecule has 1 aromatic carbocycles. The average molecular weight is 303 g/mol. The topological polar surface area (TPSA) is 21.3 Å². The molecule has 0 saturated carbocycles. The van der Waals surface area contributed by atoms with Gasteiger partial charge < -0.3 is 10.1 Å². The Kier molecular flexibility index (Phi) is 6.77. The van der Waals surface area contributed by atoms with Crippen molar-refractivity contribution in [1.82, 2.24) is 5.32 Å². The molecule has 0 radical (unpaired) electrons. The van der Waals surface area contributed by atoms with Gasteiger partial charge >= 0.3 is 0 Å². The fourth-order valence-electron chi connectivity index (χ4n) is 2.02. The smallest absolute Gasteiger partial charge is 0.119 e. The van der Waals surface area contributed by atoms with Crippen molar-refractivity contribution in [2.75, 3.05) is 13.2 Å². The molecule has 0 aliphatic rings. The molecule has 0 spiro atoms. The van der Waals surface area contributed by atoms with Gasteiger partial charge in [0.05, 0.1) is 6.61 Å². The van der Waals surface area contributed by atoms with E-state index >= 15 is 0 Å². The van der Waals surface area contributed by atoms with Crippen molar-refractivity contribution in [1.29, 1.82) is 0 Å². The van der Waals surface area contributed by atoms with Crippen LogP contribution in [0.3, 0.4) is 0 Å². The van der Waals surface area contributed by atoms with E-state index in [9.17, 15) is 0 Å². The summed E-state index contributed by atoms with van der Waals surface area (Å²) in [5.74, 6) is 1.66. The molecule has 0 aliphatic heterocycles. The Morgan fingerprint density at radius 1 is 1.10 bits per heavy atom. The first-order valence-electron chi connectivity index (χ1n) is 7.67. The van der Waals surface area contributed by atoms with Gasteiger partial charge in [-0.25, -0.2) is 0 Å². The van der Waals surface area contributed by atoms with Crippen molar-refractivity contribution in [2.24, 2.45) is 5.92 Å². The molecule has 2 rings (SSSR count). The normalized spacial score (nSPS) is 11.0. The minimum absolute atomic E-state index is 0.691. The minimum atomic E-state index is 0.691. The quantitative estimate of drug-likeness (QED) is 0.688. The van der Waals surface area contributed by atoms with Crippen molar-refractivity contribution in [2.45, 2.75) is 33.2 Å². The van der Waals surface area contributed by atoms with E-state index in [-0.39, 0.29) is 0 Å². The molecular weight excluding hydrogens is 278 g/mol. The van der Waals surface area contributed by atoms with Crippen molar-refractivity contribution in [3.63, 3.8) is 0 Å². The predicted octanol–water partition coefficient (Wildman–Crippen LogP) is 4.51. The molecule has 21 heavy (non-hydrogen) atoms. The van der Waals surface area contributed by atoms with Crippen LogP contribution in [-0.2, 0) is 13.0 Å². The van der Waals surface area contributed by atoms with Crippen molar-refractivity contribution in [3.8, 4) is 5.75 Å². The first kappa shape index (κ1) is 16.1. The average Bonchev–Trinajstić information content (AvgIpc) is 2.98. The number of ether oxygens (including phenoxy) is 1. The standard InChI is InChI=1S/C18H25NOS/c1-15(2)8-11-20-18-5-3-16(4-6-18)13-19-10-7-17-9-12-21-14-17/h3-6,9,12,14-15,19H,7-8,10-11,13H2,1-2H3. The lowest BCUT2D eigenvalue weighted by Gasteiger charge is -2.09. The third-order valence-electron chi connectivity index (χ3n) is 3.39. The lowest BCUT2D eigenvalue weighted by Crippen LogP contribution is -2.16. The summed E-state index contributed by atoms with van der Waals surface area (Å²) in [6, 6.07) is 10.6. The molecule has 2 nitrogen and oxygen atoms in total. The van der Waals surface area contributed by atoms with Crippen LogP contribution >= 0.6 is 11.3 Å². The zero-order chi connectivity index (χ0) is 14.9. The molecular formula is C18H25NOS. The summed E-state index contributed by atoms with van der Waals surface area (Å²) in [6.45, 7) is 7.16. The van der Waals surface area contributed by atoms with E-state index in [1.54, 1.807) is 11.3 Å². The molecule has 2 aromatic rings. The van der Waals surface area contributed by atoms with Gasteiger partial charge in [0, 0.05) is 6.54 Å². The number of hydrogen-bond acceptors (Lipinski definition) is 3. The Balaban J connectivity index is 1.65. The van der Waals surface area contributed by atoms with Crippen LogP contribution in [0, 0.1) is 5.92 Å². The number of hydrogen-bond donors (Lipinski definition) is 1. The van der Waals surface area contributed by atoms with Gasteiger partial charge in [-0.05, 0) is 65.4 Å². The van der Waals surface area contributed by atoms with E-state index in [4.69, 9.17) is 4.74 Å². The highest BCUT2D eigenvalue weighted by molar-refractivity contribution is 7.07. The van der Waals surface area contributed by atoms with Crippen molar-refractivity contribution < 1.29 is 4.74 Å². The maximum Gasteiger partial charge on any atom is 0.119 e. The van der Waals surface area contributed by atoms with Crippen LogP contribution in [0.1, 0.15) is 31.4 Å². The highest BCUT2D eigenvalue weighted by Crippen LogP contribution is 2.13. The molecule has 114 valence electrons. The Labute approximate surface area is 132 Å². The Morgan fingerprint density at radius 2 is 1.90 bits per heavy atom. The third kappa shape index (κ3) is 6.32. The molecule has 0 atom stereocenters. The van der Waals surface area contributed by atoms with Crippen LogP contribution in [0.25, 0.3) is 0 Å². The van der Waals surface area contributed by atoms with E-state index in [1.165, 1.54) is 11.1 Å². The van der Waals surface area contributed by atoms with Gasteiger partial charge in [0.25, 0.3) is 0 Å². The van der Waals surface area contributed by atoms with Gasteiger partial charge in [-0.1, -0.05) is 26.0 Å². The van der Waals surface area contributed by atoms with Gasteiger partial charge in [-0.2, -0.15) is 11.3 Å². The van der Waals surface area contributed by atoms with Crippen LogP contribution in [0.15, 0.2) is 41.1 Å². The molecule has 1 N–H and O–H groups in total. The number of thiophene rings is 1. The monoisotopic (exact) mass is 303 g/mol. The van der Waals surface area contributed by atoms with Crippen molar-refractivity contribution in [3.05, 3.63) is 52.2 Å². The van der Waals surface area contributed by atoms with E-state index in [2.05, 4.69) is 60.3 Å². The van der Waals surface area contributed by atoms with Gasteiger partial charge in [0.15, 0.2) is 0 Å². The lowest BCUT2D eigenvalue weighted by atomic mass is 10.1. The SMILES string of the molecule is CC(C)CCOc1ccc(CNCCc2ccsc2)cc1. The van der Waals surface area contributed by atoms with Crippen LogP contribution in [-0.4, -0.2) is 13.2 Å². The van der Waals surface area contributed by atoms with Crippen molar-refractivity contribution >= 4 is 11.3 Å². The highest BCUT2D eigenvalue weighted by atomic mass is 32.1. The maximum atomic E-state index is 5.73. The van der Waals surface area contributed by atoms with E-state index < -0.39 is 0 Å². The molecule has 0 fully saturated rings. The molecule has 1 heterocycles. The molecule has 0 aliphatic carbocycles. The second-order valence-electron chi connectivity index (χ2n) is 5.73. The van der Waals surface area contributed by atoms with Gasteiger partial charge in [-0.3, -0.25) is 0 Å². The molecule has 0 bridgehead atoms. The van der Waals surface area contributed by atoms with E-state index in [0.29, 0.717) is 5.92 Å². The summed E-state index contributed by atoms with van der Waals surface area (Å²) < 4.78 is 5.73. The molecule has 0 unspecified atom stereocenters. The Bertz CT molecular complexity index is 490. The van der Waals surface area contributed by atoms with E-state index in [0.717, 1.165) is 38.3 Å². The second-order valence-corrected chi connectivity index (χ2v) is 6.51. The predicted molar refractivity (Wildman–Crippen MR) is 91.1 cm³/mol. The fourth-order valence-corrected chi connectivity index (χ4v) is 2.72. The van der Waals surface area contributed by atoms with Crippen LogP contribution in [0.5, 0.6) is 5.75 Å². The Morgan fingerprint density at radius 3 is 2.57 bits per heavy atom. The summed E-state index contributed by atoms with van der Waals surface area (Å²) in [5, 5.41) is 7.83. The summed E-state index contributed by atoms with van der Waals surface area (Å²) in [5.41, 5.74) is 2.72. The van der Waals surface area contributed by atoms with Crippen LogP contribution in [0.4, 0.5) is 0 Å². The van der Waals surface area contributed by atoms with E-state index in [1.807, 2.05) is 0 Å². The zero-order valence-corrected chi connectivity index (χ0v) is 13.8. The third-order valence-corrected chi connectivity index (χ3v) is 4.12. The van der Waals surface area contributed by atoms with Gasteiger partial charge in [0.1, 0.15) is 5.75 Å². The zero-order valence-electron chi connectivity index (χ0n) is 13.0. The summed E-state index contributed by atoms with van der Waals surface area (Å²) in [4.78, 5) is 0. The van der Waals surface area contributed by atoms with Crippen LogP contribution < -0.4 is 10.1 Å². The summed E-state index contributed by atoms with van der Waals surface area (Å²) >= 11 is 1.76. The van der Waals surface area contributed by atoms with Gasteiger partial charge in [-0.15, -0.1) is 0 Å². The second kappa shape index (κ2) is 8.85. The number of nitrogens with one attached hydrogen (secondary N) is 1. The molecule has 3 heteroatoms. The lowest BCUT2D eigenvalue weighted by molar-refractivity contribution is 0.289. The van der Waals surface area contributed by atoms with Crippen LogP contribution in [0.2, 0.25) is 0 Å². The molecule has 0 saturated heterocycles.